The quantitative estimate of drug-likeness (QED) is 0.286. The van der Waals surface area contributed by atoms with Crippen LogP contribution in [0.25, 0.3) is 33.4 Å². The summed E-state index contributed by atoms with van der Waals surface area (Å²) in [5, 5.41) is 11.8. The van der Waals surface area contributed by atoms with Gasteiger partial charge in [-0.3, -0.25) is 0 Å². The maximum Gasteiger partial charge on any atom is 0.124 e. The third-order valence-corrected chi connectivity index (χ3v) is 7.95. The lowest BCUT2D eigenvalue weighted by Gasteiger charge is -2.30. The van der Waals surface area contributed by atoms with Crippen molar-refractivity contribution >= 4 is 0 Å². The molecule has 0 saturated heterocycles. The normalized spacial score (nSPS) is 12.2. The van der Waals surface area contributed by atoms with Gasteiger partial charge in [0.15, 0.2) is 0 Å². The molecule has 0 aliphatic carbocycles. The minimum atomic E-state index is -0.159. The number of aromatic hydroxyl groups is 1. The summed E-state index contributed by atoms with van der Waals surface area (Å²) in [5.74, 6) is 0.345. The highest BCUT2D eigenvalue weighted by atomic mass is 16.3. The summed E-state index contributed by atoms with van der Waals surface area (Å²) >= 11 is 0. The SMILES string of the molecule is Cc1cc(C)c(-c2ccc(-c3c(O)cc(-c4c(C)cc(C)cc4C)cc3C(C)(C)C)c(C(C)(C)C)c2)c(C)c1. The van der Waals surface area contributed by atoms with Crippen LogP contribution in [-0.4, -0.2) is 5.11 Å². The van der Waals surface area contributed by atoms with Gasteiger partial charge in [0.1, 0.15) is 5.75 Å². The molecule has 4 aromatic rings. The van der Waals surface area contributed by atoms with Crippen LogP contribution in [0.4, 0.5) is 0 Å². The number of benzene rings is 4. The van der Waals surface area contributed by atoms with E-state index in [2.05, 4.69) is 132 Å². The smallest absolute Gasteiger partial charge is 0.124 e. The summed E-state index contributed by atoms with van der Waals surface area (Å²) in [4.78, 5) is 0. The zero-order valence-corrected chi connectivity index (χ0v) is 26.1. The Kier molecular flexibility index (Phi) is 7.36. The maximum atomic E-state index is 11.8. The van der Waals surface area contributed by atoms with Crippen LogP contribution in [0, 0.1) is 41.5 Å². The summed E-state index contributed by atoms with van der Waals surface area (Å²) < 4.78 is 0. The second-order valence-electron chi connectivity index (χ2n) is 13.7. The Labute approximate surface area is 237 Å². The van der Waals surface area contributed by atoms with Crippen molar-refractivity contribution in [2.45, 2.75) is 93.9 Å². The topological polar surface area (TPSA) is 20.2 Å². The van der Waals surface area contributed by atoms with Crippen LogP contribution in [0.1, 0.15) is 86.1 Å². The molecule has 0 aromatic heterocycles. The molecular formula is C38H46O. The van der Waals surface area contributed by atoms with Gasteiger partial charge in [-0.1, -0.05) is 89.1 Å². The zero-order valence-electron chi connectivity index (χ0n) is 26.1. The second-order valence-corrected chi connectivity index (χ2v) is 13.7. The zero-order chi connectivity index (χ0) is 29.0. The van der Waals surface area contributed by atoms with E-state index in [1.54, 1.807) is 0 Å². The molecule has 0 atom stereocenters. The van der Waals surface area contributed by atoms with E-state index in [9.17, 15) is 5.11 Å². The number of hydrogen-bond donors (Lipinski definition) is 1. The van der Waals surface area contributed by atoms with E-state index in [1.807, 2.05) is 6.07 Å². The van der Waals surface area contributed by atoms with Crippen molar-refractivity contribution in [3.63, 3.8) is 0 Å². The number of phenols is 1. The van der Waals surface area contributed by atoms with Crippen LogP contribution < -0.4 is 0 Å². The van der Waals surface area contributed by atoms with Gasteiger partial charge < -0.3 is 5.11 Å². The highest BCUT2D eigenvalue weighted by Gasteiger charge is 2.28. The van der Waals surface area contributed by atoms with Crippen molar-refractivity contribution in [2.75, 3.05) is 0 Å². The van der Waals surface area contributed by atoms with Gasteiger partial charge in [0, 0.05) is 5.56 Å². The Bertz CT molecular complexity index is 1520. The van der Waals surface area contributed by atoms with Crippen molar-refractivity contribution in [3.05, 3.63) is 99.1 Å². The number of aryl methyl sites for hydroxylation is 6. The van der Waals surface area contributed by atoms with Gasteiger partial charge in [-0.25, -0.2) is 0 Å². The Balaban J connectivity index is 2.03. The molecule has 1 N–H and O–H groups in total. The fourth-order valence-corrected chi connectivity index (χ4v) is 6.45. The Hall–Kier alpha value is -3.32. The molecule has 204 valence electrons. The minimum absolute atomic E-state index is 0.109. The van der Waals surface area contributed by atoms with Crippen LogP contribution >= 0.6 is 0 Å². The van der Waals surface area contributed by atoms with Crippen LogP contribution in [0.3, 0.4) is 0 Å². The fourth-order valence-electron chi connectivity index (χ4n) is 6.45. The summed E-state index contributed by atoms with van der Waals surface area (Å²) in [5.41, 5.74) is 16.7. The molecule has 0 saturated carbocycles. The van der Waals surface area contributed by atoms with Gasteiger partial charge >= 0.3 is 0 Å². The van der Waals surface area contributed by atoms with Gasteiger partial charge in [0.05, 0.1) is 0 Å². The van der Waals surface area contributed by atoms with Crippen molar-refractivity contribution in [1.82, 2.24) is 0 Å². The van der Waals surface area contributed by atoms with Gasteiger partial charge in [-0.05, 0) is 132 Å². The Morgan fingerprint density at radius 2 is 0.872 bits per heavy atom. The van der Waals surface area contributed by atoms with E-state index in [0.717, 1.165) is 22.3 Å². The minimum Gasteiger partial charge on any atom is -0.507 e. The number of hydrogen-bond acceptors (Lipinski definition) is 1. The molecule has 0 heterocycles. The third kappa shape index (κ3) is 5.55. The average molecular weight is 519 g/mol. The molecule has 1 heteroatoms. The first-order chi connectivity index (χ1) is 18.0. The van der Waals surface area contributed by atoms with E-state index in [4.69, 9.17) is 0 Å². The molecule has 1 nitrogen and oxygen atoms in total. The molecule has 4 rings (SSSR count). The second kappa shape index (κ2) is 10.0. The molecule has 0 amide bonds. The first-order valence-electron chi connectivity index (χ1n) is 14.2. The first-order valence-corrected chi connectivity index (χ1v) is 14.2. The highest BCUT2D eigenvalue weighted by Crippen LogP contribution is 2.47. The summed E-state index contributed by atoms with van der Waals surface area (Å²) in [6, 6.07) is 20.1. The van der Waals surface area contributed by atoms with Crippen LogP contribution in [0.2, 0.25) is 0 Å². The van der Waals surface area contributed by atoms with Crippen LogP contribution in [0.5, 0.6) is 5.75 Å². The lowest BCUT2D eigenvalue weighted by molar-refractivity contribution is 0.473. The molecule has 39 heavy (non-hydrogen) atoms. The van der Waals surface area contributed by atoms with E-state index in [-0.39, 0.29) is 10.8 Å². The van der Waals surface area contributed by atoms with E-state index in [1.165, 1.54) is 55.6 Å². The summed E-state index contributed by atoms with van der Waals surface area (Å²) in [6.07, 6.45) is 0. The van der Waals surface area contributed by atoms with Crippen molar-refractivity contribution < 1.29 is 5.11 Å². The van der Waals surface area contributed by atoms with Gasteiger partial charge in [0.25, 0.3) is 0 Å². The predicted octanol–water partition coefficient (Wildman–Crippen LogP) is 10.8. The summed E-state index contributed by atoms with van der Waals surface area (Å²) in [7, 11) is 0. The number of rotatable bonds is 3. The van der Waals surface area contributed by atoms with Crippen molar-refractivity contribution in [1.29, 1.82) is 0 Å². The Morgan fingerprint density at radius 3 is 1.31 bits per heavy atom. The molecule has 0 fully saturated rings. The standard InChI is InChI=1S/C38H46O/c1-22-15-24(3)34(25(4)16-22)28-13-14-30(31(19-28)37(7,8)9)36-32(38(10,11)12)20-29(21-33(36)39)35-26(5)17-23(2)18-27(35)6/h13-21,39H,1-12H3. The van der Waals surface area contributed by atoms with Crippen LogP contribution in [0.15, 0.2) is 54.6 Å². The maximum absolute atomic E-state index is 11.8. The lowest BCUT2D eigenvalue weighted by Crippen LogP contribution is -2.17. The average Bonchev–Trinajstić information content (AvgIpc) is 2.76. The van der Waals surface area contributed by atoms with E-state index >= 15 is 0 Å². The number of phenolic OH excluding ortho intramolecular Hbond substituents is 1. The van der Waals surface area contributed by atoms with Crippen LogP contribution in [-0.2, 0) is 10.8 Å². The van der Waals surface area contributed by atoms with Gasteiger partial charge in [0.2, 0.25) is 0 Å². The molecule has 0 aliphatic rings. The highest BCUT2D eigenvalue weighted by molar-refractivity contribution is 5.86. The molecule has 4 aromatic carbocycles. The molecule has 0 radical (unpaired) electrons. The van der Waals surface area contributed by atoms with Crippen molar-refractivity contribution in [3.8, 4) is 39.1 Å². The van der Waals surface area contributed by atoms with Gasteiger partial charge in [-0.15, -0.1) is 0 Å². The molecular weight excluding hydrogens is 472 g/mol. The Morgan fingerprint density at radius 1 is 0.462 bits per heavy atom. The van der Waals surface area contributed by atoms with E-state index < -0.39 is 0 Å². The molecule has 0 bridgehead atoms. The monoisotopic (exact) mass is 518 g/mol. The van der Waals surface area contributed by atoms with Crippen molar-refractivity contribution in [2.24, 2.45) is 0 Å². The molecule has 0 unspecified atom stereocenters. The largest absolute Gasteiger partial charge is 0.507 e. The summed E-state index contributed by atoms with van der Waals surface area (Å²) in [6.45, 7) is 26.6. The lowest BCUT2D eigenvalue weighted by atomic mass is 9.74. The predicted molar refractivity (Wildman–Crippen MR) is 170 cm³/mol. The van der Waals surface area contributed by atoms with E-state index in [0.29, 0.717) is 5.75 Å². The first kappa shape index (κ1) is 28.7. The van der Waals surface area contributed by atoms with Gasteiger partial charge in [-0.2, -0.15) is 0 Å². The fraction of sp³-hybridized carbons (Fsp3) is 0.368. The molecule has 0 aliphatic heterocycles. The third-order valence-electron chi connectivity index (χ3n) is 7.95. The molecule has 0 spiro atoms.